The molecule has 4 nitrogen and oxygen atoms in total. The summed E-state index contributed by atoms with van der Waals surface area (Å²) in [5.74, 6) is -0.693. The quantitative estimate of drug-likeness (QED) is 0.146. The zero-order valence-electron chi connectivity index (χ0n) is 51.2. The van der Waals surface area contributed by atoms with Crippen LogP contribution in [0.4, 0.5) is 0 Å². The van der Waals surface area contributed by atoms with Gasteiger partial charge in [0.25, 0.3) is 0 Å². The second-order valence-corrected chi connectivity index (χ2v) is 13.2. The van der Waals surface area contributed by atoms with Crippen LogP contribution in [0, 0.1) is 0 Å². The minimum atomic E-state index is -0.651. The van der Waals surface area contributed by atoms with Crippen LogP contribution in [0.3, 0.4) is 0 Å². The predicted molar refractivity (Wildman–Crippen MR) is 247 cm³/mol. The van der Waals surface area contributed by atoms with Crippen LogP contribution in [0.25, 0.3) is 101 Å². The SMILES string of the molecule is [2H]c1c([2H])c([2H])c(-c2cc(-c3cccc(-c4ccccc4-c4ccccc4-c4cccc(-c5cc(-c6c([2H])c([2H])c([2H])c([2H])c6[2H])nc(-c6c([2H])c([2H])c([2H])c([2H])c6[2H])n5)c4)c3)nc(-c3c([2H])c([2H])c([2H])c([2H])c3[2H])n2)c([2H])c1[2H]. The number of aromatic nitrogens is 4. The van der Waals surface area contributed by atoms with Crippen molar-refractivity contribution in [1.82, 2.24) is 19.9 Å². The van der Waals surface area contributed by atoms with Gasteiger partial charge in [0.05, 0.1) is 50.2 Å². The lowest BCUT2D eigenvalue weighted by Crippen LogP contribution is -1.96. The highest BCUT2D eigenvalue weighted by Gasteiger charge is 2.17. The summed E-state index contributed by atoms with van der Waals surface area (Å²) in [6.45, 7) is 0. The molecular formula is C56H38N4. The van der Waals surface area contributed by atoms with E-state index in [9.17, 15) is 0 Å². The smallest absolute Gasteiger partial charge is 0.160 e. The van der Waals surface area contributed by atoms with E-state index >= 15 is 0 Å². The van der Waals surface area contributed by atoms with Crippen molar-refractivity contribution in [2.45, 2.75) is 0 Å². The summed E-state index contributed by atoms with van der Waals surface area (Å²) < 4.78 is 170. The third-order valence-electron chi connectivity index (χ3n) is 9.49. The lowest BCUT2D eigenvalue weighted by Gasteiger charge is -2.16. The summed E-state index contributed by atoms with van der Waals surface area (Å²) in [6, 6.07) is 19.7. The molecule has 2 heterocycles. The van der Waals surface area contributed by atoms with Gasteiger partial charge in [-0.15, -0.1) is 0 Å². The Labute approximate surface area is 378 Å². The average molecular weight is 787 g/mol. The van der Waals surface area contributed by atoms with E-state index < -0.39 is 121 Å². The van der Waals surface area contributed by atoms with Gasteiger partial charge in [-0.25, -0.2) is 19.9 Å². The average Bonchev–Trinajstić information content (AvgIpc) is 3.63. The predicted octanol–water partition coefficient (Wildman–Crippen LogP) is 14.3. The van der Waals surface area contributed by atoms with Crippen molar-refractivity contribution in [2.24, 2.45) is 0 Å². The summed E-state index contributed by atoms with van der Waals surface area (Å²) in [6.07, 6.45) is 0. The fourth-order valence-electron chi connectivity index (χ4n) is 6.78. The molecular weight excluding hydrogens is 729 g/mol. The minimum Gasteiger partial charge on any atom is -0.228 e. The van der Waals surface area contributed by atoms with E-state index in [0.717, 1.165) is 22.3 Å². The van der Waals surface area contributed by atoms with Crippen LogP contribution < -0.4 is 0 Å². The van der Waals surface area contributed by atoms with Crippen LogP contribution >= 0.6 is 0 Å². The van der Waals surface area contributed by atoms with Crippen LogP contribution in [0.5, 0.6) is 0 Å². The molecule has 0 N–H and O–H groups in total. The lowest BCUT2D eigenvalue weighted by molar-refractivity contribution is 1.18. The van der Waals surface area contributed by atoms with Gasteiger partial charge in [-0.1, -0.05) is 206 Å². The van der Waals surface area contributed by atoms with Gasteiger partial charge < -0.3 is 0 Å². The fraction of sp³-hybridized carbons (Fsp3) is 0. The number of hydrogen-bond acceptors (Lipinski definition) is 4. The Morgan fingerprint density at radius 3 is 0.917 bits per heavy atom. The molecule has 0 aliphatic heterocycles. The van der Waals surface area contributed by atoms with E-state index in [1.54, 1.807) is 36.4 Å². The molecule has 60 heavy (non-hydrogen) atoms. The van der Waals surface area contributed by atoms with E-state index in [2.05, 4.69) is 9.97 Å². The molecule has 0 bridgehead atoms. The van der Waals surface area contributed by atoms with Crippen LogP contribution in [0.1, 0.15) is 27.4 Å². The van der Waals surface area contributed by atoms with Crippen LogP contribution in [-0.4, -0.2) is 19.9 Å². The van der Waals surface area contributed by atoms with Crippen LogP contribution in [0.2, 0.25) is 0 Å². The molecule has 0 saturated heterocycles. The Morgan fingerprint density at radius 2 is 0.550 bits per heavy atom. The first-order valence-electron chi connectivity index (χ1n) is 28.5. The molecule has 0 unspecified atom stereocenters. The summed E-state index contributed by atoms with van der Waals surface area (Å²) in [4.78, 5) is 18.4. The Balaban J connectivity index is 1.12. The zero-order chi connectivity index (χ0) is 57.5. The maximum atomic E-state index is 8.78. The molecule has 0 atom stereocenters. The van der Waals surface area contributed by atoms with Gasteiger partial charge in [-0.05, 0) is 57.6 Å². The van der Waals surface area contributed by atoms with E-state index in [0.29, 0.717) is 22.3 Å². The number of hydrogen-bond donors (Lipinski definition) is 0. The molecule has 10 aromatic rings. The molecule has 0 radical (unpaired) electrons. The van der Waals surface area contributed by atoms with Crippen LogP contribution in [0.15, 0.2) is 230 Å². The summed E-state index contributed by atoms with van der Waals surface area (Å²) >= 11 is 0. The molecule has 4 heteroatoms. The van der Waals surface area contributed by atoms with Crippen molar-refractivity contribution < 1.29 is 27.4 Å². The van der Waals surface area contributed by atoms with Crippen molar-refractivity contribution in [2.75, 3.05) is 0 Å². The van der Waals surface area contributed by atoms with Crippen molar-refractivity contribution >= 4 is 0 Å². The maximum absolute atomic E-state index is 8.78. The van der Waals surface area contributed by atoms with Gasteiger partial charge in [0, 0.05) is 33.4 Å². The van der Waals surface area contributed by atoms with Gasteiger partial charge >= 0.3 is 0 Å². The largest absolute Gasteiger partial charge is 0.228 e. The number of benzene rings is 8. The molecule has 0 spiro atoms. The highest BCUT2D eigenvalue weighted by Crippen LogP contribution is 2.40. The molecule has 282 valence electrons. The minimum absolute atomic E-state index is 0.134. The van der Waals surface area contributed by atoms with Gasteiger partial charge in [0.1, 0.15) is 0 Å². The highest BCUT2D eigenvalue weighted by molar-refractivity contribution is 5.93. The third kappa shape index (κ3) is 7.53. The first kappa shape index (κ1) is 20.6. The summed E-state index contributed by atoms with van der Waals surface area (Å²) in [5.41, 5.74) is 3.78. The maximum Gasteiger partial charge on any atom is 0.160 e. The van der Waals surface area contributed by atoms with Crippen molar-refractivity contribution in [3.05, 3.63) is 230 Å². The van der Waals surface area contributed by atoms with Gasteiger partial charge in [0.15, 0.2) is 11.6 Å². The Hall–Kier alpha value is -8.08. The zero-order valence-corrected chi connectivity index (χ0v) is 31.2. The molecule has 0 saturated carbocycles. The standard InChI is InChI=1S/C56H38N4/c1-5-19-39(20-6-1)51-37-53(59-55(57-51)41-23-9-3-10-24-41)45-29-17-27-43(35-45)47-31-13-15-33-49(47)50-34-16-14-32-48(50)44-28-18-30-46(36-44)54-38-52(40-21-7-2-8-22-40)58-56(60-54)42-25-11-4-12-26-42/h1-38H/i1D,2D,3D,4D,5D,6D,7D,8D,9D,10D,11D,12D,19D,20D,21D,22D,23D,24D,25D,26D. The van der Waals surface area contributed by atoms with Crippen molar-refractivity contribution in [3.8, 4) is 101 Å². The Bertz CT molecular complexity index is 3720. The fourth-order valence-corrected chi connectivity index (χ4v) is 6.78. The summed E-state index contributed by atoms with van der Waals surface area (Å²) in [7, 11) is 0. The highest BCUT2D eigenvalue weighted by atomic mass is 14.9. The number of rotatable bonds is 9. The normalized spacial score (nSPS) is 15.7. The topological polar surface area (TPSA) is 51.6 Å². The molecule has 0 aliphatic carbocycles. The number of nitrogens with zero attached hydrogens (tertiary/aromatic N) is 4. The molecule has 0 fully saturated rings. The summed E-state index contributed by atoms with van der Waals surface area (Å²) in [5, 5.41) is 0. The van der Waals surface area contributed by atoms with E-state index in [-0.39, 0.29) is 56.7 Å². The second-order valence-electron chi connectivity index (χ2n) is 13.2. The molecule has 8 aromatic carbocycles. The first-order valence-corrected chi connectivity index (χ1v) is 18.5. The molecule has 2 aromatic heterocycles. The Morgan fingerprint density at radius 1 is 0.250 bits per heavy atom. The monoisotopic (exact) mass is 786 g/mol. The van der Waals surface area contributed by atoms with E-state index in [1.165, 1.54) is 12.1 Å². The van der Waals surface area contributed by atoms with Crippen molar-refractivity contribution in [1.29, 1.82) is 0 Å². The second kappa shape index (κ2) is 16.4. The Kier molecular flexibility index (Phi) is 5.62. The van der Waals surface area contributed by atoms with Gasteiger partial charge in [-0.3, -0.25) is 0 Å². The first-order chi connectivity index (χ1) is 38.0. The van der Waals surface area contributed by atoms with Gasteiger partial charge in [-0.2, -0.15) is 0 Å². The van der Waals surface area contributed by atoms with Gasteiger partial charge in [0.2, 0.25) is 0 Å². The molecule has 0 amide bonds. The van der Waals surface area contributed by atoms with E-state index in [4.69, 9.17) is 37.4 Å². The van der Waals surface area contributed by atoms with E-state index in [1.807, 2.05) is 60.7 Å². The third-order valence-corrected chi connectivity index (χ3v) is 9.49. The lowest BCUT2D eigenvalue weighted by atomic mass is 9.88. The van der Waals surface area contributed by atoms with Crippen molar-refractivity contribution in [3.63, 3.8) is 0 Å². The molecule has 10 rings (SSSR count). The van der Waals surface area contributed by atoms with Crippen LogP contribution in [-0.2, 0) is 0 Å². The molecule has 0 aliphatic rings.